The summed E-state index contributed by atoms with van der Waals surface area (Å²) in [6.45, 7) is 2.22. The molecule has 0 spiro atoms. The van der Waals surface area contributed by atoms with Crippen molar-refractivity contribution in [2.24, 2.45) is 11.7 Å². The minimum atomic E-state index is -0.189. The third kappa shape index (κ3) is 3.88. The fraction of sp³-hybridized carbons (Fsp3) is 0.706. The summed E-state index contributed by atoms with van der Waals surface area (Å²) in [5, 5.41) is 6.88. The summed E-state index contributed by atoms with van der Waals surface area (Å²) in [6, 6.07) is 0.271. The fourth-order valence-corrected chi connectivity index (χ4v) is 3.83. The minimum Gasteiger partial charge on any atom is -0.394 e. The molecule has 2 aliphatic carbocycles. The van der Waals surface area contributed by atoms with Gasteiger partial charge in [-0.15, -0.1) is 0 Å². The molecule has 0 atom stereocenters. The maximum Gasteiger partial charge on any atom is 0.225 e. The van der Waals surface area contributed by atoms with E-state index in [9.17, 15) is 4.79 Å². The van der Waals surface area contributed by atoms with E-state index < -0.39 is 0 Å². The highest BCUT2D eigenvalue weighted by atomic mass is 16.1. The van der Waals surface area contributed by atoms with Crippen molar-refractivity contribution < 1.29 is 4.79 Å². The molecule has 1 heterocycles. The molecule has 0 aliphatic heterocycles. The van der Waals surface area contributed by atoms with Crippen LogP contribution in [0, 0.1) is 5.92 Å². The first-order valence-electron chi connectivity index (χ1n) is 8.92. The van der Waals surface area contributed by atoms with E-state index in [1.165, 1.54) is 12.8 Å². The first-order valence-corrected chi connectivity index (χ1v) is 8.92. The maximum absolute atomic E-state index is 11.3. The van der Waals surface area contributed by atoms with Crippen molar-refractivity contribution in [1.82, 2.24) is 9.97 Å². The number of nitrogens with zero attached hydrogens (tertiary/aromatic N) is 2. The summed E-state index contributed by atoms with van der Waals surface area (Å²) in [5.41, 5.74) is 12.1. The van der Waals surface area contributed by atoms with Crippen LogP contribution in [-0.2, 0) is 4.79 Å². The summed E-state index contributed by atoms with van der Waals surface area (Å²) in [6.07, 6.45) is 9.86. The van der Waals surface area contributed by atoms with Crippen LogP contribution >= 0.6 is 0 Å². The highest BCUT2D eigenvalue weighted by Gasteiger charge is 2.29. The molecule has 0 radical (unpaired) electrons. The van der Waals surface area contributed by atoms with Crippen molar-refractivity contribution in [3.05, 3.63) is 6.20 Å². The molecule has 0 unspecified atom stereocenters. The fourth-order valence-electron chi connectivity index (χ4n) is 3.83. The Bertz CT molecular complexity index is 591. The lowest BCUT2D eigenvalue weighted by molar-refractivity contribution is -0.122. The average molecular weight is 332 g/mol. The van der Waals surface area contributed by atoms with Gasteiger partial charge in [0.05, 0.1) is 11.9 Å². The zero-order chi connectivity index (χ0) is 17.2. The Morgan fingerprint density at radius 2 is 1.92 bits per heavy atom. The summed E-state index contributed by atoms with van der Waals surface area (Å²) in [5.74, 6) is 1.12. The lowest BCUT2D eigenvalue weighted by Crippen LogP contribution is -2.33. The van der Waals surface area contributed by atoms with Crippen molar-refractivity contribution in [1.29, 1.82) is 0 Å². The van der Waals surface area contributed by atoms with Gasteiger partial charge in [-0.3, -0.25) is 4.79 Å². The molecule has 7 heteroatoms. The predicted molar refractivity (Wildman–Crippen MR) is 95.5 cm³/mol. The van der Waals surface area contributed by atoms with Gasteiger partial charge in [0, 0.05) is 17.5 Å². The number of nitrogens with two attached hydrogens (primary N) is 2. The first kappa shape index (κ1) is 16.8. The van der Waals surface area contributed by atoms with Crippen LogP contribution < -0.4 is 22.1 Å². The number of rotatable bonds is 5. The summed E-state index contributed by atoms with van der Waals surface area (Å²) < 4.78 is 0. The highest BCUT2D eigenvalue weighted by Crippen LogP contribution is 2.32. The zero-order valence-electron chi connectivity index (χ0n) is 14.3. The molecule has 24 heavy (non-hydrogen) atoms. The van der Waals surface area contributed by atoms with E-state index in [1.807, 2.05) is 0 Å². The number of nitrogens with one attached hydrogen (secondary N) is 2. The highest BCUT2D eigenvalue weighted by molar-refractivity contribution is 5.76. The van der Waals surface area contributed by atoms with Crippen LogP contribution in [0.5, 0.6) is 0 Å². The minimum absolute atomic E-state index is 0.00494. The third-order valence-electron chi connectivity index (χ3n) is 5.41. The average Bonchev–Trinajstić information content (AvgIpc) is 2.97. The number of carbonyl (C=O) groups excluding carboxylic acids is 1. The molecule has 1 amide bonds. The zero-order valence-corrected chi connectivity index (χ0v) is 14.3. The van der Waals surface area contributed by atoms with Crippen molar-refractivity contribution in [2.75, 3.05) is 16.4 Å². The van der Waals surface area contributed by atoms with Crippen LogP contribution in [0.3, 0.4) is 0 Å². The normalized spacial score (nSPS) is 26.0. The number of nitrogen functional groups attached to an aromatic ring is 1. The second-order valence-corrected chi connectivity index (χ2v) is 7.49. The summed E-state index contributed by atoms with van der Waals surface area (Å²) in [7, 11) is 0. The van der Waals surface area contributed by atoms with Crippen LogP contribution in [0.25, 0.3) is 0 Å². The van der Waals surface area contributed by atoms with Gasteiger partial charge in [-0.05, 0) is 45.4 Å². The molecule has 0 bridgehead atoms. The van der Waals surface area contributed by atoms with Gasteiger partial charge in [0.2, 0.25) is 11.9 Å². The lowest BCUT2D eigenvalue weighted by Gasteiger charge is -2.29. The molecule has 1 aromatic heterocycles. The second-order valence-electron chi connectivity index (χ2n) is 7.49. The Hall–Kier alpha value is -2.05. The van der Waals surface area contributed by atoms with Gasteiger partial charge in [0.15, 0.2) is 5.82 Å². The third-order valence-corrected chi connectivity index (χ3v) is 5.41. The van der Waals surface area contributed by atoms with Gasteiger partial charge >= 0.3 is 0 Å². The Morgan fingerprint density at radius 3 is 2.54 bits per heavy atom. The van der Waals surface area contributed by atoms with Crippen molar-refractivity contribution >= 4 is 23.4 Å². The molecule has 0 saturated heterocycles. The number of hydrogen-bond acceptors (Lipinski definition) is 6. The van der Waals surface area contributed by atoms with E-state index in [4.69, 9.17) is 11.5 Å². The van der Waals surface area contributed by atoms with Gasteiger partial charge in [0.1, 0.15) is 0 Å². The van der Waals surface area contributed by atoms with Crippen molar-refractivity contribution in [3.63, 3.8) is 0 Å². The van der Waals surface area contributed by atoms with Gasteiger partial charge < -0.3 is 22.1 Å². The standard InChI is InChI=1S/C17H28N6O/c1-17(8-2-3-9-17)23-16-20-10-13(18)15(22-16)21-12-6-4-11(5-7-12)14(19)24/h10-12H,2-9,18H2,1H3,(H2,19,24)(H2,20,21,22,23)/t11-,12-. The van der Waals surface area contributed by atoms with Gasteiger partial charge in [0.25, 0.3) is 0 Å². The van der Waals surface area contributed by atoms with Crippen LogP contribution in [0.4, 0.5) is 17.5 Å². The molecular formula is C17H28N6O. The molecule has 132 valence electrons. The number of aromatic nitrogens is 2. The SMILES string of the molecule is CC1(Nc2ncc(N)c(N[C@H]3CC[C@H](C(N)=O)CC3)n2)CCCC1. The van der Waals surface area contributed by atoms with Crippen LogP contribution in [0.15, 0.2) is 6.20 Å². The molecule has 2 aliphatic rings. The van der Waals surface area contributed by atoms with Gasteiger partial charge in [-0.1, -0.05) is 12.8 Å². The number of primary amides is 1. The molecule has 0 aromatic carbocycles. The molecule has 7 nitrogen and oxygen atoms in total. The smallest absolute Gasteiger partial charge is 0.225 e. The van der Waals surface area contributed by atoms with Crippen molar-refractivity contribution in [2.45, 2.75) is 69.9 Å². The Labute approximate surface area is 143 Å². The van der Waals surface area contributed by atoms with E-state index in [2.05, 4.69) is 27.5 Å². The summed E-state index contributed by atoms with van der Waals surface area (Å²) in [4.78, 5) is 20.2. The summed E-state index contributed by atoms with van der Waals surface area (Å²) >= 11 is 0. The topological polar surface area (TPSA) is 119 Å². The van der Waals surface area contributed by atoms with Gasteiger partial charge in [-0.25, -0.2) is 4.98 Å². The lowest BCUT2D eigenvalue weighted by atomic mass is 9.85. The monoisotopic (exact) mass is 332 g/mol. The number of hydrogen-bond donors (Lipinski definition) is 4. The van der Waals surface area contributed by atoms with E-state index >= 15 is 0 Å². The second kappa shape index (κ2) is 6.83. The Kier molecular flexibility index (Phi) is 4.78. The van der Waals surface area contributed by atoms with E-state index in [0.29, 0.717) is 17.5 Å². The molecule has 6 N–H and O–H groups in total. The van der Waals surface area contributed by atoms with Gasteiger partial charge in [-0.2, -0.15) is 4.98 Å². The molecular weight excluding hydrogens is 304 g/mol. The number of anilines is 3. The Balaban J connectivity index is 1.63. The first-order chi connectivity index (χ1) is 11.5. The van der Waals surface area contributed by atoms with E-state index in [1.54, 1.807) is 6.20 Å². The molecule has 2 saturated carbocycles. The van der Waals surface area contributed by atoms with Crippen LogP contribution in [-0.4, -0.2) is 27.5 Å². The van der Waals surface area contributed by atoms with E-state index in [-0.39, 0.29) is 23.4 Å². The van der Waals surface area contributed by atoms with Crippen LogP contribution in [0.1, 0.15) is 58.3 Å². The quantitative estimate of drug-likeness (QED) is 0.656. The predicted octanol–water partition coefficient (Wildman–Crippen LogP) is 2.26. The van der Waals surface area contributed by atoms with Crippen molar-refractivity contribution in [3.8, 4) is 0 Å². The maximum atomic E-state index is 11.3. The molecule has 3 rings (SSSR count). The molecule has 2 fully saturated rings. The largest absolute Gasteiger partial charge is 0.394 e. The van der Waals surface area contributed by atoms with E-state index in [0.717, 1.165) is 38.5 Å². The number of amides is 1. The Morgan fingerprint density at radius 1 is 1.25 bits per heavy atom. The molecule has 1 aromatic rings. The van der Waals surface area contributed by atoms with Crippen LogP contribution in [0.2, 0.25) is 0 Å². The number of carbonyl (C=O) groups is 1.